The summed E-state index contributed by atoms with van der Waals surface area (Å²) in [7, 11) is 5.66. The summed E-state index contributed by atoms with van der Waals surface area (Å²) >= 11 is 0. The van der Waals surface area contributed by atoms with Crippen molar-refractivity contribution >= 4 is 0 Å². The lowest BCUT2D eigenvalue weighted by molar-refractivity contribution is -0.0703. The molecule has 2 unspecified atom stereocenters. The van der Waals surface area contributed by atoms with E-state index in [-0.39, 0.29) is 11.6 Å². The zero-order valence-corrected chi connectivity index (χ0v) is 10.9. The molecule has 0 aliphatic heterocycles. The maximum absolute atomic E-state index is 6.01. The molecule has 1 saturated carbocycles. The van der Waals surface area contributed by atoms with Gasteiger partial charge in [-0.15, -0.1) is 0 Å². The van der Waals surface area contributed by atoms with Crippen molar-refractivity contribution in [3.05, 3.63) is 0 Å². The van der Waals surface area contributed by atoms with Crippen molar-refractivity contribution in [2.45, 2.75) is 37.3 Å². The number of likely N-dealkylation sites (N-methyl/N-ethyl adjacent to an activating group) is 1. The molecule has 0 radical (unpaired) electrons. The van der Waals surface area contributed by atoms with Crippen molar-refractivity contribution < 1.29 is 9.47 Å². The first kappa shape index (κ1) is 13.9. The smallest absolute Gasteiger partial charge is 0.0767 e. The van der Waals surface area contributed by atoms with Crippen LogP contribution < -0.4 is 5.73 Å². The summed E-state index contributed by atoms with van der Waals surface area (Å²) in [5, 5.41) is 0. The molecule has 0 heterocycles. The van der Waals surface area contributed by atoms with E-state index in [1.165, 1.54) is 12.8 Å². The summed E-state index contributed by atoms with van der Waals surface area (Å²) < 4.78 is 10.8. The van der Waals surface area contributed by atoms with E-state index in [9.17, 15) is 0 Å². The van der Waals surface area contributed by atoms with E-state index in [4.69, 9.17) is 15.2 Å². The number of nitrogens with two attached hydrogens (primary N) is 1. The van der Waals surface area contributed by atoms with Crippen molar-refractivity contribution in [2.24, 2.45) is 5.73 Å². The van der Waals surface area contributed by atoms with Gasteiger partial charge in [-0.1, -0.05) is 12.8 Å². The second-order valence-electron chi connectivity index (χ2n) is 4.69. The second-order valence-corrected chi connectivity index (χ2v) is 4.69. The van der Waals surface area contributed by atoms with Crippen LogP contribution in [0, 0.1) is 0 Å². The minimum Gasteiger partial charge on any atom is -0.383 e. The van der Waals surface area contributed by atoms with Gasteiger partial charge in [0.25, 0.3) is 0 Å². The van der Waals surface area contributed by atoms with Crippen LogP contribution in [-0.4, -0.2) is 57.5 Å². The fourth-order valence-electron chi connectivity index (χ4n) is 2.80. The lowest BCUT2D eigenvalue weighted by atomic mass is 9.78. The number of rotatable bonds is 6. The second kappa shape index (κ2) is 6.55. The molecule has 1 aliphatic rings. The largest absolute Gasteiger partial charge is 0.383 e. The van der Waals surface area contributed by atoms with Crippen LogP contribution >= 0.6 is 0 Å². The van der Waals surface area contributed by atoms with E-state index >= 15 is 0 Å². The number of hydrogen-bond donors (Lipinski definition) is 1. The minimum atomic E-state index is 0.00549. The van der Waals surface area contributed by atoms with Gasteiger partial charge in [-0.25, -0.2) is 0 Å². The first-order valence-corrected chi connectivity index (χ1v) is 6.14. The monoisotopic (exact) mass is 230 g/mol. The lowest BCUT2D eigenvalue weighted by Crippen LogP contribution is -2.62. The topological polar surface area (TPSA) is 47.7 Å². The Morgan fingerprint density at radius 1 is 1.38 bits per heavy atom. The van der Waals surface area contributed by atoms with Crippen LogP contribution in [0.4, 0.5) is 0 Å². The molecule has 4 heteroatoms. The molecule has 1 rings (SSSR count). The van der Waals surface area contributed by atoms with Crippen LogP contribution in [-0.2, 0) is 9.47 Å². The van der Waals surface area contributed by atoms with Gasteiger partial charge in [0.2, 0.25) is 0 Å². The van der Waals surface area contributed by atoms with Crippen LogP contribution in [0.2, 0.25) is 0 Å². The van der Waals surface area contributed by atoms with Gasteiger partial charge in [0.1, 0.15) is 0 Å². The Kier molecular flexibility index (Phi) is 5.69. The molecular formula is C12H26N2O2. The van der Waals surface area contributed by atoms with Gasteiger partial charge >= 0.3 is 0 Å². The summed E-state index contributed by atoms with van der Waals surface area (Å²) in [6.45, 7) is 2.31. The van der Waals surface area contributed by atoms with E-state index < -0.39 is 0 Å². The maximum Gasteiger partial charge on any atom is 0.0767 e. The lowest BCUT2D eigenvalue weighted by Gasteiger charge is -2.48. The van der Waals surface area contributed by atoms with Gasteiger partial charge in [-0.05, 0) is 19.9 Å². The van der Waals surface area contributed by atoms with Crippen molar-refractivity contribution in [1.29, 1.82) is 0 Å². The average molecular weight is 230 g/mol. The van der Waals surface area contributed by atoms with E-state index in [1.54, 1.807) is 14.2 Å². The molecule has 16 heavy (non-hydrogen) atoms. The summed E-state index contributed by atoms with van der Waals surface area (Å²) in [4.78, 5) is 2.32. The molecule has 2 N–H and O–H groups in total. The SMILES string of the molecule is COCCN(C)C1(CN)CCCCC1OC. The van der Waals surface area contributed by atoms with Crippen LogP contribution in [0.5, 0.6) is 0 Å². The van der Waals surface area contributed by atoms with Gasteiger partial charge in [0.05, 0.1) is 18.2 Å². The van der Waals surface area contributed by atoms with E-state index in [1.807, 2.05) is 0 Å². The minimum absolute atomic E-state index is 0.00549. The summed E-state index contributed by atoms with van der Waals surface area (Å²) in [5.41, 5.74) is 6.02. The molecule has 0 aromatic heterocycles. The maximum atomic E-state index is 6.01. The zero-order chi connectivity index (χ0) is 12.0. The van der Waals surface area contributed by atoms with E-state index in [2.05, 4.69) is 11.9 Å². The van der Waals surface area contributed by atoms with Crippen molar-refractivity contribution in [3.8, 4) is 0 Å². The number of methoxy groups -OCH3 is 2. The van der Waals surface area contributed by atoms with Crippen molar-refractivity contribution in [1.82, 2.24) is 4.90 Å². The van der Waals surface area contributed by atoms with Gasteiger partial charge in [-0.2, -0.15) is 0 Å². The molecule has 1 fully saturated rings. The quantitative estimate of drug-likeness (QED) is 0.735. The molecule has 0 spiro atoms. The number of ether oxygens (including phenoxy) is 2. The van der Waals surface area contributed by atoms with Crippen LogP contribution in [0.1, 0.15) is 25.7 Å². The first-order chi connectivity index (χ1) is 7.71. The van der Waals surface area contributed by atoms with Crippen molar-refractivity contribution in [3.63, 3.8) is 0 Å². The Morgan fingerprint density at radius 3 is 2.69 bits per heavy atom. The Labute approximate surface area is 99.1 Å². The molecule has 0 bridgehead atoms. The normalized spacial score (nSPS) is 30.9. The van der Waals surface area contributed by atoms with Crippen molar-refractivity contribution in [2.75, 3.05) is 41.0 Å². The third-order valence-electron chi connectivity index (χ3n) is 3.95. The molecule has 4 nitrogen and oxygen atoms in total. The predicted molar refractivity (Wildman–Crippen MR) is 65.6 cm³/mol. The Balaban J connectivity index is 2.71. The summed E-state index contributed by atoms with van der Waals surface area (Å²) in [5.74, 6) is 0. The molecule has 0 aromatic rings. The molecule has 0 saturated heterocycles. The Morgan fingerprint density at radius 2 is 2.12 bits per heavy atom. The third-order valence-corrected chi connectivity index (χ3v) is 3.95. The average Bonchev–Trinajstić information content (AvgIpc) is 2.35. The fraction of sp³-hybridized carbons (Fsp3) is 1.00. The fourth-order valence-corrected chi connectivity index (χ4v) is 2.80. The highest BCUT2D eigenvalue weighted by molar-refractivity contribution is 5.00. The molecular weight excluding hydrogens is 204 g/mol. The Hall–Kier alpha value is -0.160. The molecule has 0 amide bonds. The Bertz CT molecular complexity index is 201. The van der Waals surface area contributed by atoms with Gasteiger partial charge < -0.3 is 15.2 Å². The van der Waals surface area contributed by atoms with Gasteiger partial charge in [0, 0.05) is 27.3 Å². The van der Waals surface area contributed by atoms with Crippen LogP contribution in [0.25, 0.3) is 0 Å². The summed E-state index contributed by atoms with van der Waals surface area (Å²) in [6, 6.07) is 0. The standard InChI is InChI=1S/C12H26N2O2/c1-14(8-9-15-2)12(10-13)7-5-4-6-11(12)16-3/h11H,4-10,13H2,1-3H3. The van der Waals surface area contributed by atoms with E-state index in [0.717, 1.165) is 26.0 Å². The van der Waals surface area contributed by atoms with Gasteiger partial charge in [0.15, 0.2) is 0 Å². The first-order valence-electron chi connectivity index (χ1n) is 6.14. The predicted octanol–water partition coefficient (Wildman–Crippen LogP) is 0.851. The van der Waals surface area contributed by atoms with Gasteiger partial charge in [-0.3, -0.25) is 4.90 Å². The molecule has 2 atom stereocenters. The van der Waals surface area contributed by atoms with E-state index in [0.29, 0.717) is 6.54 Å². The molecule has 0 aromatic carbocycles. The highest BCUT2D eigenvalue weighted by atomic mass is 16.5. The zero-order valence-electron chi connectivity index (χ0n) is 10.9. The van der Waals surface area contributed by atoms with Crippen LogP contribution in [0.15, 0.2) is 0 Å². The number of hydrogen-bond acceptors (Lipinski definition) is 4. The molecule has 1 aliphatic carbocycles. The summed E-state index contributed by atoms with van der Waals surface area (Å²) in [6.07, 6.45) is 4.99. The number of nitrogens with zero attached hydrogens (tertiary/aromatic N) is 1. The van der Waals surface area contributed by atoms with Crippen LogP contribution in [0.3, 0.4) is 0 Å². The third kappa shape index (κ3) is 2.74. The highest BCUT2D eigenvalue weighted by Gasteiger charge is 2.42. The highest BCUT2D eigenvalue weighted by Crippen LogP contribution is 2.34. The molecule has 96 valence electrons.